The predicted octanol–water partition coefficient (Wildman–Crippen LogP) is 7.16. The second-order valence-corrected chi connectivity index (χ2v) is 9.33. The van der Waals surface area contributed by atoms with Crippen molar-refractivity contribution in [3.05, 3.63) is 72.6 Å². The second-order valence-electron chi connectivity index (χ2n) is 7.79. The van der Waals surface area contributed by atoms with E-state index in [0.29, 0.717) is 0 Å². The SMILES string of the molecule is CCCCCCCc1ccc(-c2ccc(-c3ccc(OS(=O)(=O)C(F)(F)F)cc3)cc2)cn1. The number of alkyl halides is 3. The number of unbranched alkanes of at least 4 members (excludes halogenated alkanes) is 4. The van der Waals surface area contributed by atoms with Crippen LogP contribution in [0.3, 0.4) is 0 Å². The number of benzene rings is 2. The lowest BCUT2D eigenvalue weighted by Gasteiger charge is -2.10. The van der Waals surface area contributed by atoms with Crippen LogP contribution in [0, 0.1) is 0 Å². The number of pyridine rings is 1. The summed E-state index contributed by atoms with van der Waals surface area (Å²) in [6.45, 7) is 2.20. The van der Waals surface area contributed by atoms with Gasteiger partial charge in [0, 0.05) is 17.5 Å². The van der Waals surface area contributed by atoms with Crippen LogP contribution in [-0.4, -0.2) is 18.9 Å². The lowest BCUT2D eigenvalue weighted by atomic mass is 10.0. The van der Waals surface area contributed by atoms with E-state index in [1.165, 1.54) is 49.9 Å². The third kappa shape index (κ3) is 6.81. The number of rotatable bonds is 10. The topological polar surface area (TPSA) is 56.3 Å². The summed E-state index contributed by atoms with van der Waals surface area (Å²) < 4.78 is 63.7. The van der Waals surface area contributed by atoms with Gasteiger partial charge in [0.15, 0.2) is 0 Å². The zero-order valence-corrected chi connectivity index (χ0v) is 19.1. The molecule has 1 heterocycles. The van der Waals surface area contributed by atoms with E-state index in [4.69, 9.17) is 0 Å². The van der Waals surface area contributed by atoms with Gasteiger partial charge in [-0.3, -0.25) is 4.98 Å². The molecule has 176 valence electrons. The van der Waals surface area contributed by atoms with Crippen molar-refractivity contribution in [3.63, 3.8) is 0 Å². The standard InChI is InChI=1S/C25H26F3NO3S/c1-2-3-4-5-6-7-23-15-12-22(18-29-23)21-10-8-19(9-11-21)20-13-16-24(17-14-20)32-33(30,31)25(26,27)28/h8-18H,2-7H2,1H3. The molecule has 0 fully saturated rings. The molecule has 0 saturated carbocycles. The molecule has 4 nitrogen and oxygen atoms in total. The van der Waals surface area contributed by atoms with Crippen molar-refractivity contribution in [1.82, 2.24) is 4.98 Å². The molecule has 0 atom stereocenters. The molecule has 2 aromatic carbocycles. The van der Waals surface area contributed by atoms with Gasteiger partial charge in [-0.1, -0.05) is 75.1 Å². The first-order valence-electron chi connectivity index (χ1n) is 10.9. The van der Waals surface area contributed by atoms with Crippen molar-refractivity contribution in [3.8, 4) is 28.0 Å². The Balaban J connectivity index is 1.62. The van der Waals surface area contributed by atoms with Gasteiger partial charge in [0.1, 0.15) is 5.75 Å². The zero-order valence-electron chi connectivity index (χ0n) is 18.3. The van der Waals surface area contributed by atoms with Crippen LogP contribution >= 0.6 is 0 Å². The Kier molecular flexibility index (Phi) is 8.13. The lowest BCUT2D eigenvalue weighted by Crippen LogP contribution is -2.28. The molecule has 0 spiro atoms. The third-order valence-corrected chi connectivity index (χ3v) is 6.24. The molecule has 8 heteroatoms. The summed E-state index contributed by atoms with van der Waals surface area (Å²) in [6.07, 6.45) is 8.99. The Hall–Kier alpha value is -2.87. The highest BCUT2D eigenvalue weighted by Crippen LogP contribution is 2.29. The molecule has 0 amide bonds. The highest BCUT2D eigenvalue weighted by molar-refractivity contribution is 7.88. The molecule has 0 aliphatic heterocycles. The molecule has 0 aliphatic rings. The van der Waals surface area contributed by atoms with E-state index in [9.17, 15) is 21.6 Å². The summed E-state index contributed by atoms with van der Waals surface area (Å²) in [5.41, 5.74) is -0.838. The minimum atomic E-state index is -5.68. The fourth-order valence-corrected chi connectivity index (χ4v) is 3.84. The first kappa shape index (κ1) is 24.8. The Morgan fingerprint density at radius 3 is 1.79 bits per heavy atom. The minimum Gasteiger partial charge on any atom is -0.376 e. The van der Waals surface area contributed by atoms with Crippen LogP contribution in [0.1, 0.15) is 44.7 Å². The first-order chi connectivity index (χ1) is 15.7. The summed E-state index contributed by atoms with van der Waals surface area (Å²) in [6, 6.07) is 17.2. The van der Waals surface area contributed by atoms with Crippen LogP contribution in [0.4, 0.5) is 13.2 Å². The summed E-state index contributed by atoms with van der Waals surface area (Å²) >= 11 is 0. The van der Waals surface area contributed by atoms with Gasteiger partial charge in [0.2, 0.25) is 0 Å². The van der Waals surface area contributed by atoms with Gasteiger partial charge >= 0.3 is 15.6 Å². The van der Waals surface area contributed by atoms with Gasteiger partial charge in [-0.2, -0.15) is 21.6 Å². The first-order valence-corrected chi connectivity index (χ1v) is 12.3. The van der Waals surface area contributed by atoms with E-state index in [1.807, 2.05) is 30.5 Å². The van der Waals surface area contributed by atoms with Gasteiger partial charge in [0.05, 0.1) is 0 Å². The maximum atomic E-state index is 12.4. The minimum absolute atomic E-state index is 0.399. The third-order valence-electron chi connectivity index (χ3n) is 5.26. The van der Waals surface area contributed by atoms with Gasteiger partial charge < -0.3 is 4.18 Å². The summed E-state index contributed by atoms with van der Waals surface area (Å²) in [5.74, 6) is -0.399. The van der Waals surface area contributed by atoms with Crippen molar-refractivity contribution in [1.29, 1.82) is 0 Å². The maximum absolute atomic E-state index is 12.4. The van der Waals surface area contributed by atoms with Crippen LogP contribution in [0.5, 0.6) is 5.75 Å². The molecule has 0 aliphatic carbocycles. The molecule has 0 unspecified atom stereocenters. The van der Waals surface area contributed by atoms with Crippen molar-refractivity contribution < 1.29 is 25.8 Å². The Labute approximate surface area is 192 Å². The van der Waals surface area contributed by atoms with E-state index < -0.39 is 21.4 Å². The fraction of sp³-hybridized carbons (Fsp3) is 0.320. The monoisotopic (exact) mass is 477 g/mol. The number of aryl methyl sites for hydroxylation is 1. The summed E-state index contributed by atoms with van der Waals surface area (Å²) in [4.78, 5) is 4.57. The highest BCUT2D eigenvalue weighted by atomic mass is 32.2. The Bertz CT molecular complexity index is 1130. The average molecular weight is 478 g/mol. The summed E-state index contributed by atoms with van der Waals surface area (Å²) in [5, 5.41) is 0. The number of halogens is 3. The van der Waals surface area contributed by atoms with Gasteiger partial charge in [-0.25, -0.2) is 0 Å². The molecule has 0 bridgehead atoms. The number of hydrogen-bond donors (Lipinski definition) is 0. The largest absolute Gasteiger partial charge is 0.534 e. The number of aromatic nitrogens is 1. The average Bonchev–Trinajstić information content (AvgIpc) is 2.79. The fourth-order valence-electron chi connectivity index (χ4n) is 3.38. The number of hydrogen-bond acceptors (Lipinski definition) is 4. The van der Waals surface area contributed by atoms with Gasteiger partial charge in [-0.05, 0) is 47.7 Å². The van der Waals surface area contributed by atoms with Crippen LogP contribution in [0.25, 0.3) is 22.3 Å². The molecular weight excluding hydrogens is 451 g/mol. The van der Waals surface area contributed by atoms with Crippen LogP contribution < -0.4 is 4.18 Å². The van der Waals surface area contributed by atoms with E-state index in [2.05, 4.69) is 28.2 Å². The van der Waals surface area contributed by atoms with Crippen molar-refractivity contribution in [2.24, 2.45) is 0 Å². The molecule has 33 heavy (non-hydrogen) atoms. The smallest absolute Gasteiger partial charge is 0.376 e. The molecule has 0 saturated heterocycles. The second kappa shape index (κ2) is 10.8. The molecule has 0 N–H and O–H groups in total. The van der Waals surface area contributed by atoms with Gasteiger partial charge in [-0.15, -0.1) is 0 Å². The molecule has 0 radical (unpaired) electrons. The normalized spacial score (nSPS) is 12.0. The van der Waals surface area contributed by atoms with Gasteiger partial charge in [0.25, 0.3) is 0 Å². The Morgan fingerprint density at radius 2 is 1.27 bits per heavy atom. The molecule has 1 aromatic heterocycles. The number of nitrogens with zero attached hydrogens (tertiary/aromatic N) is 1. The lowest BCUT2D eigenvalue weighted by molar-refractivity contribution is -0.0500. The summed E-state index contributed by atoms with van der Waals surface area (Å²) in [7, 11) is -5.68. The van der Waals surface area contributed by atoms with Crippen molar-refractivity contribution in [2.45, 2.75) is 51.0 Å². The van der Waals surface area contributed by atoms with Crippen LogP contribution in [0.2, 0.25) is 0 Å². The zero-order chi connectivity index (χ0) is 23.9. The quantitative estimate of drug-likeness (QED) is 0.177. The van der Waals surface area contributed by atoms with E-state index in [1.54, 1.807) is 0 Å². The molecular formula is C25H26F3NO3S. The predicted molar refractivity (Wildman–Crippen MR) is 123 cm³/mol. The van der Waals surface area contributed by atoms with E-state index in [0.717, 1.165) is 40.8 Å². The van der Waals surface area contributed by atoms with E-state index >= 15 is 0 Å². The Morgan fingerprint density at radius 1 is 0.758 bits per heavy atom. The highest BCUT2D eigenvalue weighted by Gasteiger charge is 2.48. The van der Waals surface area contributed by atoms with Crippen molar-refractivity contribution >= 4 is 10.1 Å². The van der Waals surface area contributed by atoms with Crippen LogP contribution in [0.15, 0.2) is 66.9 Å². The molecule has 3 rings (SSSR count). The van der Waals surface area contributed by atoms with E-state index in [-0.39, 0.29) is 0 Å². The van der Waals surface area contributed by atoms with Crippen LogP contribution in [-0.2, 0) is 16.5 Å². The molecule has 3 aromatic rings. The van der Waals surface area contributed by atoms with Crippen molar-refractivity contribution in [2.75, 3.05) is 0 Å². The maximum Gasteiger partial charge on any atom is 0.534 e.